The van der Waals surface area contributed by atoms with Crippen LogP contribution >= 0.6 is 0 Å². The maximum atomic E-state index is 11.9. The predicted molar refractivity (Wildman–Crippen MR) is 68.8 cm³/mol. The molecule has 0 heterocycles. The predicted octanol–water partition coefficient (Wildman–Crippen LogP) is 0.743. The normalized spacial score (nSPS) is 11.4. The lowest BCUT2D eigenvalue weighted by atomic mass is 10.1. The summed E-state index contributed by atoms with van der Waals surface area (Å²) in [5, 5.41) is 19.6. The maximum absolute atomic E-state index is 11.9. The number of nitrogens with one attached hydrogen (secondary N) is 1. The number of hydrogen-bond donors (Lipinski definition) is 3. The van der Waals surface area contributed by atoms with Crippen LogP contribution in [0.5, 0.6) is 5.75 Å². The van der Waals surface area contributed by atoms with Crippen LogP contribution in [0.1, 0.15) is 23.7 Å². The van der Waals surface area contributed by atoms with Gasteiger partial charge in [0, 0.05) is 5.56 Å². The van der Waals surface area contributed by atoms with Gasteiger partial charge in [-0.05, 0) is 25.1 Å². The summed E-state index contributed by atoms with van der Waals surface area (Å²) < 4.78 is 5.22. The van der Waals surface area contributed by atoms with Crippen LogP contribution in [0.4, 0.5) is 0 Å². The molecule has 0 spiro atoms. The number of aliphatic carboxylic acids is 2. The molecular formula is C13H15NO6. The molecule has 0 radical (unpaired) electrons. The summed E-state index contributed by atoms with van der Waals surface area (Å²) in [6.45, 7) is 2.22. The summed E-state index contributed by atoms with van der Waals surface area (Å²) in [5.41, 5.74) is 0.201. The van der Waals surface area contributed by atoms with Crippen molar-refractivity contribution < 1.29 is 29.3 Å². The molecule has 1 unspecified atom stereocenters. The topological polar surface area (TPSA) is 113 Å². The first-order valence-corrected chi connectivity index (χ1v) is 5.92. The van der Waals surface area contributed by atoms with Crippen LogP contribution in [-0.2, 0) is 9.59 Å². The van der Waals surface area contributed by atoms with Crippen molar-refractivity contribution in [1.82, 2.24) is 5.32 Å². The summed E-state index contributed by atoms with van der Waals surface area (Å²) in [7, 11) is 0. The Balaban J connectivity index is 2.80. The van der Waals surface area contributed by atoms with Gasteiger partial charge in [-0.15, -0.1) is 0 Å². The highest BCUT2D eigenvalue weighted by molar-refractivity contribution is 5.97. The zero-order chi connectivity index (χ0) is 15.1. The van der Waals surface area contributed by atoms with Crippen molar-refractivity contribution >= 4 is 17.8 Å². The van der Waals surface area contributed by atoms with E-state index < -0.39 is 30.3 Å². The first-order chi connectivity index (χ1) is 9.43. The Bertz CT molecular complexity index is 513. The number of carbonyl (C=O) groups excluding carboxylic acids is 1. The summed E-state index contributed by atoms with van der Waals surface area (Å²) in [4.78, 5) is 33.3. The van der Waals surface area contributed by atoms with E-state index in [4.69, 9.17) is 14.9 Å². The smallest absolute Gasteiger partial charge is 0.326 e. The number of carboxylic acids is 2. The number of carboxylic acid groups (broad SMARTS) is 2. The van der Waals surface area contributed by atoms with Crippen molar-refractivity contribution in [2.24, 2.45) is 0 Å². The second kappa shape index (κ2) is 7.13. The highest BCUT2D eigenvalue weighted by Crippen LogP contribution is 2.13. The molecule has 108 valence electrons. The highest BCUT2D eigenvalue weighted by Gasteiger charge is 2.23. The largest absolute Gasteiger partial charge is 0.494 e. The Kier molecular flexibility index (Phi) is 5.52. The highest BCUT2D eigenvalue weighted by atomic mass is 16.5. The van der Waals surface area contributed by atoms with Gasteiger partial charge >= 0.3 is 11.9 Å². The van der Waals surface area contributed by atoms with Gasteiger partial charge in [0.15, 0.2) is 0 Å². The van der Waals surface area contributed by atoms with Crippen LogP contribution in [0, 0.1) is 0 Å². The Hall–Kier alpha value is -2.57. The first kappa shape index (κ1) is 15.5. The Morgan fingerprint density at radius 1 is 1.30 bits per heavy atom. The molecule has 0 saturated carbocycles. The van der Waals surface area contributed by atoms with Gasteiger partial charge in [0.05, 0.1) is 13.0 Å². The molecule has 0 aromatic heterocycles. The first-order valence-electron chi connectivity index (χ1n) is 5.92. The van der Waals surface area contributed by atoms with Gasteiger partial charge in [-0.25, -0.2) is 4.79 Å². The third-order valence-electron chi connectivity index (χ3n) is 2.39. The Morgan fingerprint density at radius 2 is 2.00 bits per heavy atom. The molecule has 20 heavy (non-hydrogen) atoms. The zero-order valence-electron chi connectivity index (χ0n) is 10.8. The fraction of sp³-hybridized carbons (Fsp3) is 0.308. The second-order valence-corrected chi connectivity index (χ2v) is 3.92. The van der Waals surface area contributed by atoms with E-state index in [2.05, 4.69) is 5.32 Å². The molecule has 1 rings (SSSR count). The van der Waals surface area contributed by atoms with Gasteiger partial charge in [0.1, 0.15) is 11.8 Å². The fourth-order valence-corrected chi connectivity index (χ4v) is 1.51. The van der Waals surface area contributed by atoms with Crippen LogP contribution < -0.4 is 10.1 Å². The molecule has 0 aliphatic heterocycles. The van der Waals surface area contributed by atoms with E-state index in [1.807, 2.05) is 0 Å². The molecule has 1 aromatic rings. The van der Waals surface area contributed by atoms with E-state index >= 15 is 0 Å². The van der Waals surface area contributed by atoms with Crippen LogP contribution in [0.2, 0.25) is 0 Å². The molecule has 3 N–H and O–H groups in total. The molecule has 1 amide bonds. The molecule has 7 heteroatoms. The van der Waals surface area contributed by atoms with E-state index in [9.17, 15) is 14.4 Å². The minimum atomic E-state index is -1.48. The van der Waals surface area contributed by atoms with Crippen LogP contribution in [0.25, 0.3) is 0 Å². The Morgan fingerprint density at radius 3 is 2.55 bits per heavy atom. The van der Waals surface area contributed by atoms with Gasteiger partial charge in [0.2, 0.25) is 0 Å². The average molecular weight is 281 g/mol. The molecule has 7 nitrogen and oxygen atoms in total. The lowest BCUT2D eigenvalue weighted by Gasteiger charge is -2.13. The number of hydrogen-bond acceptors (Lipinski definition) is 4. The SMILES string of the molecule is CCOc1cccc(C(=O)NC(CC(=O)O)C(=O)O)c1. The molecule has 0 saturated heterocycles. The number of amides is 1. The molecular weight excluding hydrogens is 266 g/mol. The van der Waals surface area contributed by atoms with E-state index in [0.717, 1.165) is 0 Å². The lowest BCUT2D eigenvalue weighted by molar-refractivity contribution is -0.145. The molecule has 0 bridgehead atoms. The van der Waals surface area contributed by atoms with E-state index in [0.29, 0.717) is 12.4 Å². The van der Waals surface area contributed by atoms with Crippen LogP contribution in [0.3, 0.4) is 0 Å². The quantitative estimate of drug-likeness (QED) is 0.679. The van der Waals surface area contributed by atoms with Crippen molar-refractivity contribution in [3.05, 3.63) is 29.8 Å². The van der Waals surface area contributed by atoms with E-state index in [-0.39, 0.29) is 5.56 Å². The fourth-order valence-electron chi connectivity index (χ4n) is 1.51. The van der Waals surface area contributed by atoms with Crippen molar-refractivity contribution in [1.29, 1.82) is 0 Å². The van der Waals surface area contributed by atoms with Gasteiger partial charge in [-0.2, -0.15) is 0 Å². The van der Waals surface area contributed by atoms with Gasteiger partial charge in [-0.3, -0.25) is 9.59 Å². The lowest BCUT2D eigenvalue weighted by Crippen LogP contribution is -2.42. The molecule has 0 fully saturated rings. The number of benzene rings is 1. The standard InChI is InChI=1S/C13H15NO6/c1-2-20-9-5-3-4-8(6-9)12(17)14-10(13(18)19)7-11(15)16/h3-6,10H,2,7H2,1H3,(H,14,17)(H,15,16)(H,18,19). The summed E-state index contributed by atoms with van der Waals surface area (Å²) in [5.74, 6) is -2.90. The van der Waals surface area contributed by atoms with Crippen molar-refractivity contribution in [3.63, 3.8) is 0 Å². The minimum absolute atomic E-state index is 0.201. The summed E-state index contributed by atoms with van der Waals surface area (Å²) in [6.07, 6.45) is -0.688. The number of carbonyl (C=O) groups is 3. The monoisotopic (exact) mass is 281 g/mol. The zero-order valence-corrected chi connectivity index (χ0v) is 10.8. The third kappa shape index (κ3) is 4.60. The van der Waals surface area contributed by atoms with E-state index in [1.54, 1.807) is 19.1 Å². The van der Waals surface area contributed by atoms with Crippen molar-refractivity contribution in [2.75, 3.05) is 6.61 Å². The van der Waals surface area contributed by atoms with Crippen molar-refractivity contribution in [3.8, 4) is 5.75 Å². The summed E-state index contributed by atoms with van der Waals surface area (Å²) >= 11 is 0. The molecule has 0 aliphatic rings. The minimum Gasteiger partial charge on any atom is -0.494 e. The third-order valence-corrected chi connectivity index (χ3v) is 2.39. The molecule has 1 aromatic carbocycles. The van der Waals surface area contributed by atoms with Crippen LogP contribution in [0.15, 0.2) is 24.3 Å². The second-order valence-electron chi connectivity index (χ2n) is 3.92. The number of ether oxygens (including phenoxy) is 1. The average Bonchev–Trinajstić information content (AvgIpc) is 2.38. The van der Waals surface area contributed by atoms with Gasteiger partial charge in [0.25, 0.3) is 5.91 Å². The van der Waals surface area contributed by atoms with Gasteiger partial charge < -0.3 is 20.3 Å². The van der Waals surface area contributed by atoms with E-state index in [1.165, 1.54) is 12.1 Å². The maximum Gasteiger partial charge on any atom is 0.326 e. The van der Waals surface area contributed by atoms with Gasteiger partial charge in [-0.1, -0.05) is 6.07 Å². The van der Waals surface area contributed by atoms with Crippen LogP contribution in [-0.4, -0.2) is 40.7 Å². The molecule has 0 aliphatic carbocycles. The number of rotatable bonds is 7. The summed E-state index contributed by atoms with van der Waals surface area (Å²) in [6, 6.07) is 4.71. The molecule has 1 atom stereocenters. The van der Waals surface area contributed by atoms with Crippen molar-refractivity contribution in [2.45, 2.75) is 19.4 Å². The Labute approximate surface area is 115 Å².